The summed E-state index contributed by atoms with van der Waals surface area (Å²) in [6, 6.07) is 8.58. The topological polar surface area (TPSA) is 45.2 Å². The van der Waals surface area contributed by atoms with Crippen molar-refractivity contribution in [1.29, 1.82) is 0 Å². The molecule has 4 nitrogen and oxygen atoms in total. The molecular formula is C14H12BrCl2N3O. The second kappa shape index (κ2) is 6.64. The summed E-state index contributed by atoms with van der Waals surface area (Å²) in [4.78, 5) is 18.0. The van der Waals surface area contributed by atoms with Gasteiger partial charge in [0.25, 0.3) is 5.91 Å². The van der Waals surface area contributed by atoms with E-state index in [1.165, 1.54) is 12.1 Å². The van der Waals surface area contributed by atoms with Crippen LogP contribution in [0, 0.1) is 0 Å². The van der Waals surface area contributed by atoms with Gasteiger partial charge < -0.3 is 10.2 Å². The highest BCUT2D eigenvalue weighted by Crippen LogP contribution is 2.28. The maximum atomic E-state index is 12.3. The molecule has 110 valence electrons. The Morgan fingerprint density at radius 2 is 1.81 bits per heavy atom. The van der Waals surface area contributed by atoms with Gasteiger partial charge in [0.05, 0.1) is 11.4 Å². The lowest BCUT2D eigenvalue weighted by Crippen LogP contribution is -2.17. The molecule has 21 heavy (non-hydrogen) atoms. The number of benzene rings is 1. The number of carbonyl (C=O) groups excluding carboxylic acids is 1. The summed E-state index contributed by atoms with van der Waals surface area (Å²) >= 11 is 15.0. The van der Waals surface area contributed by atoms with Crippen molar-refractivity contribution >= 4 is 56.4 Å². The summed E-state index contributed by atoms with van der Waals surface area (Å²) in [7, 11) is 3.80. The van der Waals surface area contributed by atoms with E-state index in [0.29, 0.717) is 11.3 Å². The molecule has 0 spiro atoms. The van der Waals surface area contributed by atoms with Crippen molar-refractivity contribution in [2.45, 2.75) is 0 Å². The molecule has 1 N–H and O–H groups in total. The van der Waals surface area contributed by atoms with E-state index < -0.39 is 0 Å². The van der Waals surface area contributed by atoms with Crippen LogP contribution in [0.5, 0.6) is 0 Å². The Labute approximate surface area is 141 Å². The standard InChI is InChI=1S/C14H12BrCl2N3O/c1-20(2)11-4-3-9(15)7-10(11)18-14(21)8-5-12(16)19-13(17)6-8/h3-7H,1-2H3,(H,18,21). The Hall–Kier alpha value is -1.30. The Bertz CT molecular complexity index is 672. The summed E-state index contributed by atoms with van der Waals surface area (Å²) in [5, 5.41) is 3.20. The lowest BCUT2D eigenvalue weighted by atomic mass is 10.2. The van der Waals surface area contributed by atoms with Gasteiger partial charge in [0, 0.05) is 24.1 Å². The summed E-state index contributed by atoms with van der Waals surface area (Å²) in [5.41, 5.74) is 1.92. The Morgan fingerprint density at radius 1 is 1.19 bits per heavy atom. The molecule has 0 aliphatic rings. The van der Waals surface area contributed by atoms with Crippen LogP contribution in [0.2, 0.25) is 10.3 Å². The molecular weight excluding hydrogens is 377 g/mol. The number of rotatable bonds is 3. The fourth-order valence-electron chi connectivity index (χ4n) is 1.79. The molecule has 7 heteroatoms. The number of hydrogen-bond donors (Lipinski definition) is 1. The van der Waals surface area contributed by atoms with E-state index in [9.17, 15) is 4.79 Å². The number of hydrogen-bond acceptors (Lipinski definition) is 3. The van der Waals surface area contributed by atoms with E-state index in [1.807, 2.05) is 37.2 Å². The molecule has 1 aromatic carbocycles. The minimum absolute atomic E-state index is 0.176. The molecule has 0 unspecified atom stereocenters. The maximum Gasteiger partial charge on any atom is 0.255 e. The van der Waals surface area contributed by atoms with Crippen molar-refractivity contribution in [1.82, 2.24) is 4.98 Å². The van der Waals surface area contributed by atoms with Crippen LogP contribution in [-0.2, 0) is 0 Å². The zero-order chi connectivity index (χ0) is 15.6. The van der Waals surface area contributed by atoms with Crippen molar-refractivity contribution in [3.05, 3.63) is 50.7 Å². The van der Waals surface area contributed by atoms with E-state index in [2.05, 4.69) is 26.2 Å². The summed E-state index contributed by atoms with van der Waals surface area (Å²) in [5.74, 6) is -0.303. The molecule has 0 saturated carbocycles. The fourth-order valence-corrected chi connectivity index (χ4v) is 2.61. The number of anilines is 2. The average Bonchev–Trinajstić information content (AvgIpc) is 2.37. The van der Waals surface area contributed by atoms with Gasteiger partial charge in [-0.3, -0.25) is 4.79 Å². The number of carbonyl (C=O) groups is 1. The quantitative estimate of drug-likeness (QED) is 0.789. The highest BCUT2D eigenvalue weighted by atomic mass is 79.9. The number of nitrogens with zero attached hydrogens (tertiary/aromatic N) is 2. The van der Waals surface area contributed by atoms with Gasteiger partial charge in [-0.2, -0.15) is 0 Å². The van der Waals surface area contributed by atoms with Crippen LogP contribution in [0.15, 0.2) is 34.8 Å². The number of halogens is 3. The molecule has 0 atom stereocenters. The lowest BCUT2D eigenvalue weighted by Gasteiger charge is -2.18. The van der Waals surface area contributed by atoms with Crippen LogP contribution in [-0.4, -0.2) is 25.0 Å². The third-order valence-electron chi connectivity index (χ3n) is 2.71. The molecule has 1 aromatic heterocycles. The van der Waals surface area contributed by atoms with Gasteiger partial charge in [0.15, 0.2) is 0 Å². The van der Waals surface area contributed by atoms with Gasteiger partial charge in [-0.05, 0) is 30.3 Å². The van der Waals surface area contributed by atoms with Crippen LogP contribution in [0.25, 0.3) is 0 Å². The molecule has 0 bridgehead atoms. The molecule has 2 rings (SSSR count). The zero-order valence-electron chi connectivity index (χ0n) is 11.3. The number of nitrogens with one attached hydrogen (secondary N) is 1. The monoisotopic (exact) mass is 387 g/mol. The van der Waals surface area contributed by atoms with Gasteiger partial charge in [0.1, 0.15) is 10.3 Å². The van der Waals surface area contributed by atoms with Crippen molar-refractivity contribution in [3.63, 3.8) is 0 Å². The minimum Gasteiger partial charge on any atom is -0.376 e. The molecule has 0 saturated heterocycles. The maximum absolute atomic E-state index is 12.3. The van der Waals surface area contributed by atoms with Gasteiger partial charge in [0.2, 0.25) is 0 Å². The molecule has 1 amide bonds. The van der Waals surface area contributed by atoms with E-state index in [0.717, 1.165) is 10.2 Å². The predicted octanol–water partition coefficient (Wildman–Crippen LogP) is 4.47. The first-order chi connectivity index (χ1) is 9.86. The van der Waals surface area contributed by atoms with Crippen LogP contribution in [0.3, 0.4) is 0 Å². The van der Waals surface area contributed by atoms with E-state index >= 15 is 0 Å². The third-order valence-corrected chi connectivity index (χ3v) is 3.59. The molecule has 2 aromatic rings. The SMILES string of the molecule is CN(C)c1ccc(Br)cc1NC(=O)c1cc(Cl)nc(Cl)c1. The van der Waals surface area contributed by atoms with Crippen molar-refractivity contribution < 1.29 is 4.79 Å². The number of aromatic nitrogens is 1. The van der Waals surface area contributed by atoms with Gasteiger partial charge in [-0.1, -0.05) is 39.1 Å². The van der Waals surface area contributed by atoms with Crippen LogP contribution >= 0.6 is 39.1 Å². The molecule has 0 fully saturated rings. The summed E-state index contributed by atoms with van der Waals surface area (Å²) in [6.45, 7) is 0. The van der Waals surface area contributed by atoms with E-state index in [4.69, 9.17) is 23.2 Å². The minimum atomic E-state index is -0.303. The lowest BCUT2D eigenvalue weighted by molar-refractivity contribution is 0.102. The zero-order valence-corrected chi connectivity index (χ0v) is 14.4. The van der Waals surface area contributed by atoms with Gasteiger partial charge in [-0.15, -0.1) is 0 Å². The molecule has 0 aliphatic carbocycles. The first-order valence-electron chi connectivity index (χ1n) is 5.98. The second-order valence-electron chi connectivity index (χ2n) is 4.51. The molecule has 0 aliphatic heterocycles. The van der Waals surface area contributed by atoms with Gasteiger partial charge in [-0.25, -0.2) is 4.98 Å². The third kappa shape index (κ3) is 4.09. The fraction of sp³-hybridized carbons (Fsp3) is 0.143. The summed E-state index contributed by atoms with van der Waals surface area (Å²) < 4.78 is 0.870. The van der Waals surface area contributed by atoms with E-state index in [1.54, 1.807) is 0 Å². The van der Waals surface area contributed by atoms with Gasteiger partial charge >= 0.3 is 0 Å². The number of amides is 1. The van der Waals surface area contributed by atoms with Crippen molar-refractivity contribution in [3.8, 4) is 0 Å². The highest BCUT2D eigenvalue weighted by Gasteiger charge is 2.12. The average molecular weight is 389 g/mol. The Balaban J connectivity index is 2.33. The largest absolute Gasteiger partial charge is 0.376 e. The Kier molecular flexibility index (Phi) is 5.08. The second-order valence-corrected chi connectivity index (χ2v) is 6.20. The van der Waals surface area contributed by atoms with Crippen molar-refractivity contribution in [2.75, 3.05) is 24.3 Å². The molecule has 0 radical (unpaired) electrons. The van der Waals surface area contributed by atoms with E-state index in [-0.39, 0.29) is 16.2 Å². The molecule has 1 heterocycles. The van der Waals surface area contributed by atoms with Crippen LogP contribution < -0.4 is 10.2 Å². The number of pyridine rings is 1. The summed E-state index contributed by atoms with van der Waals surface area (Å²) in [6.07, 6.45) is 0. The highest BCUT2D eigenvalue weighted by molar-refractivity contribution is 9.10. The Morgan fingerprint density at radius 3 is 2.38 bits per heavy atom. The van der Waals surface area contributed by atoms with Crippen LogP contribution in [0.4, 0.5) is 11.4 Å². The predicted molar refractivity (Wildman–Crippen MR) is 90.7 cm³/mol. The van der Waals surface area contributed by atoms with Crippen LogP contribution in [0.1, 0.15) is 10.4 Å². The van der Waals surface area contributed by atoms with Crippen molar-refractivity contribution in [2.24, 2.45) is 0 Å². The first-order valence-corrected chi connectivity index (χ1v) is 7.53. The first kappa shape index (κ1) is 16.1. The smallest absolute Gasteiger partial charge is 0.255 e. The normalized spacial score (nSPS) is 10.3.